The standard InChI is InChI=1S/C14H20N2/c1-13(7-5-11-15-3)9-10-14(2)8-6-12-16-4/h5-12H,1-4H3/b7-5-,8-6-,13-9+,14-10+,15-11-,16-12-. The Morgan fingerprint density at radius 1 is 0.750 bits per heavy atom. The van der Waals surface area contributed by atoms with Crippen LogP contribution in [-0.4, -0.2) is 26.5 Å². The van der Waals surface area contributed by atoms with Gasteiger partial charge in [-0.1, -0.05) is 35.5 Å². The van der Waals surface area contributed by atoms with Crippen LogP contribution in [-0.2, 0) is 0 Å². The van der Waals surface area contributed by atoms with E-state index in [0.717, 1.165) is 0 Å². The molecule has 0 aliphatic rings. The third kappa shape index (κ3) is 8.88. The number of allylic oxidation sites excluding steroid dienone is 8. The molecule has 0 aromatic heterocycles. The molecule has 0 N–H and O–H groups in total. The van der Waals surface area contributed by atoms with Crippen molar-refractivity contribution in [2.45, 2.75) is 13.8 Å². The maximum atomic E-state index is 3.87. The first kappa shape index (κ1) is 14.3. The molecule has 86 valence electrons. The summed E-state index contributed by atoms with van der Waals surface area (Å²) in [5.41, 5.74) is 2.38. The minimum atomic E-state index is 1.19. The van der Waals surface area contributed by atoms with E-state index in [0.29, 0.717) is 0 Å². The van der Waals surface area contributed by atoms with Gasteiger partial charge >= 0.3 is 0 Å². The zero-order valence-electron chi connectivity index (χ0n) is 10.5. The zero-order valence-corrected chi connectivity index (χ0v) is 10.5. The van der Waals surface area contributed by atoms with Crippen molar-refractivity contribution in [3.8, 4) is 0 Å². The summed E-state index contributed by atoms with van der Waals surface area (Å²) in [7, 11) is 3.51. The smallest absolute Gasteiger partial charge is 0.0277 e. The minimum absolute atomic E-state index is 1.19. The molecule has 0 aromatic rings. The van der Waals surface area contributed by atoms with Crippen molar-refractivity contribution in [3.63, 3.8) is 0 Å². The molecule has 0 rings (SSSR count). The van der Waals surface area contributed by atoms with Gasteiger partial charge in [0.15, 0.2) is 0 Å². The average Bonchev–Trinajstić information content (AvgIpc) is 2.27. The van der Waals surface area contributed by atoms with Gasteiger partial charge in [-0.25, -0.2) is 0 Å². The quantitative estimate of drug-likeness (QED) is 0.497. The van der Waals surface area contributed by atoms with E-state index >= 15 is 0 Å². The van der Waals surface area contributed by atoms with Crippen LogP contribution in [0.1, 0.15) is 13.8 Å². The van der Waals surface area contributed by atoms with Crippen LogP contribution in [0.4, 0.5) is 0 Å². The van der Waals surface area contributed by atoms with Crippen molar-refractivity contribution < 1.29 is 0 Å². The summed E-state index contributed by atoms with van der Waals surface area (Å²) in [4.78, 5) is 7.75. The van der Waals surface area contributed by atoms with Gasteiger partial charge < -0.3 is 0 Å². The molecule has 16 heavy (non-hydrogen) atoms. The molecule has 0 spiro atoms. The lowest BCUT2D eigenvalue weighted by molar-refractivity contribution is 1.46. The van der Waals surface area contributed by atoms with Crippen LogP contribution in [0.5, 0.6) is 0 Å². The van der Waals surface area contributed by atoms with E-state index in [1.54, 1.807) is 26.5 Å². The topological polar surface area (TPSA) is 24.7 Å². The zero-order chi connectivity index (χ0) is 12.2. The van der Waals surface area contributed by atoms with Crippen LogP contribution in [0, 0.1) is 0 Å². The molecule has 0 heterocycles. The second-order valence-corrected chi connectivity index (χ2v) is 3.35. The lowest BCUT2D eigenvalue weighted by Gasteiger charge is -1.90. The number of hydrogen-bond donors (Lipinski definition) is 0. The van der Waals surface area contributed by atoms with Gasteiger partial charge in [0.05, 0.1) is 0 Å². The van der Waals surface area contributed by atoms with Crippen molar-refractivity contribution in [2.24, 2.45) is 9.98 Å². The minimum Gasteiger partial charge on any atom is -0.297 e. The van der Waals surface area contributed by atoms with E-state index < -0.39 is 0 Å². The highest BCUT2D eigenvalue weighted by Crippen LogP contribution is 2.00. The Kier molecular flexibility index (Phi) is 8.79. The van der Waals surface area contributed by atoms with Crippen LogP contribution < -0.4 is 0 Å². The Balaban J connectivity index is 4.37. The fourth-order valence-electron chi connectivity index (χ4n) is 0.936. The van der Waals surface area contributed by atoms with Gasteiger partial charge in [-0.15, -0.1) is 0 Å². The highest BCUT2D eigenvalue weighted by atomic mass is 14.6. The van der Waals surface area contributed by atoms with Crippen LogP contribution in [0.25, 0.3) is 0 Å². The van der Waals surface area contributed by atoms with Crippen molar-refractivity contribution in [1.82, 2.24) is 0 Å². The predicted octanol–water partition coefficient (Wildman–Crippen LogP) is 3.39. The predicted molar refractivity (Wildman–Crippen MR) is 74.6 cm³/mol. The van der Waals surface area contributed by atoms with E-state index in [1.165, 1.54) is 11.1 Å². The SMILES string of the molecule is C\N=C/C=C\C(C)=C\C=C(C)\C=C/C=N\C. The molecular weight excluding hydrogens is 196 g/mol. The Morgan fingerprint density at radius 3 is 1.44 bits per heavy atom. The number of hydrogen-bond acceptors (Lipinski definition) is 2. The summed E-state index contributed by atoms with van der Waals surface area (Å²) >= 11 is 0. The third-order valence-corrected chi connectivity index (χ3v) is 1.80. The summed E-state index contributed by atoms with van der Waals surface area (Å²) < 4.78 is 0. The molecule has 0 aromatic carbocycles. The third-order valence-electron chi connectivity index (χ3n) is 1.80. The molecular formula is C14H20N2. The molecule has 0 saturated heterocycles. The summed E-state index contributed by atoms with van der Waals surface area (Å²) in [5.74, 6) is 0. The first-order valence-corrected chi connectivity index (χ1v) is 5.23. The maximum absolute atomic E-state index is 3.87. The van der Waals surface area contributed by atoms with Gasteiger partial charge in [0.2, 0.25) is 0 Å². The molecule has 2 nitrogen and oxygen atoms in total. The van der Waals surface area contributed by atoms with E-state index in [2.05, 4.69) is 36.0 Å². The normalized spacial score (nSPS) is 15.2. The second kappa shape index (κ2) is 9.84. The number of nitrogens with zero attached hydrogens (tertiary/aromatic N) is 2. The summed E-state index contributed by atoms with van der Waals surface area (Å²) in [6.07, 6.45) is 15.6. The molecule has 0 fully saturated rings. The van der Waals surface area contributed by atoms with E-state index in [9.17, 15) is 0 Å². The van der Waals surface area contributed by atoms with Crippen LogP contribution in [0.2, 0.25) is 0 Å². The average molecular weight is 216 g/mol. The number of aliphatic imine (C=N–C) groups is 2. The van der Waals surface area contributed by atoms with Gasteiger partial charge in [-0.2, -0.15) is 0 Å². The monoisotopic (exact) mass is 216 g/mol. The Bertz CT molecular complexity index is 317. The second-order valence-electron chi connectivity index (χ2n) is 3.35. The molecule has 0 amide bonds. The molecule has 2 heteroatoms. The van der Waals surface area contributed by atoms with Gasteiger partial charge in [0.25, 0.3) is 0 Å². The van der Waals surface area contributed by atoms with Gasteiger partial charge in [0, 0.05) is 26.5 Å². The number of rotatable bonds is 5. The van der Waals surface area contributed by atoms with Crippen molar-refractivity contribution >= 4 is 12.4 Å². The van der Waals surface area contributed by atoms with Crippen LogP contribution in [0.3, 0.4) is 0 Å². The molecule has 0 aliphatic carbocycles. The van der Waals surface area contributed by atoms with Crippen molar-refractivity contribution in [3.05, 3.63) is 47.6 Å². The van der Waals surface area contributed by atoms with Gasteiger partial charge in [-0.3, -0.25) is 9.98 Å². The van der Waals surface area contributed by atoms with Gasteiger partial charge in [-0.05, 0) is 26.0 Å². The van der Waals surface area contributed by atoms with E-state index in [1.807, 2.05) is 24.3 Å². The van der Waals surface area contributed by atoms with Crippen LogP contribution >= 0.6 is 0 Å². The first-order chi connectivity index (χ1) is 7.70. The molecule has 0 aliphatic heterocycles. The highest BCUT2D eigenvalue weighted by molar-refractivity contribution is 5.72. The first-order valence-electron chi connectivity index (χ1n) is 5.23. The molecule has 0 bridgehead atoms. The summed E-state index contributed by atoms with van der Waals surface area (Å²) in [5, 5.41) is 0. The van der Waals surface area contributed by atoms with E-state index in [-0.39, 0.29) is 0 Å². The largest absolute Gasteiger partial charge is 0.297 e. The molecule has 0 saturated carbocycles. The summed E-state index contributed by atoms with van der Waals surface area (Å²) in [6.45, 7) is 4.11. The molecule has 0 radical (unpaired) electrons. The Labute approximate surface area is 98.5 Å². The van der Waals surface area contributed by atoms with Gasteiger partial charge in [0.1, 0.15) is 0 Å². The van der Waals surface area contributed by atoms with Crippen molar-refractivity contribution in [1.29, 1.82) is 0 Å². The lowest BCUT2D eigenvalue weighted by atomic mass is 10.2. The summed E-state index contributed by atoms with van der Waals surface area (Å²) in [6, 6.07) is 0. The lowest BCUT2D eigenvalue weighted by Crippen LogP contribution is -1.71. The maximum Gasteiger partial charge on any atom is 0.0277 e. The Morgan fingerprint density at radius 2 is 1.12 bits per heavy atom. The van der Waals surface area contributed by atoms with Crippen LogP contribution in [0.15, 0.2) is 57.6 Å². The molecule has 0 atom stereocenters. The fraction of sp³-hybridized carbons (Fsp3) is 0.286. The van der Waals surface area contributed by atoms with E-state index in [4.69, 9.17) is 0 Å². The molecule has 0 unspecified atom stereocenters. The van der Waals surface area contributed by atoms with Crippen molar-refractivity contribution in [2.75, 3.05) is 14.1 Å². The fourth-order valence-corrected chi connectivity index (χ4v) is 0.936. The Hall–Kier alpha value is -1.70. The highest BCUT2D eigenvalue weighted by Gasteiger charge is 1.80.